The Morgan fingerprint density at radius 2 is 1.95 bits per heavy atom. The maximum atomic E-state index is 12.3. The normalized spacial score (nSPS) is 15.1. The summed E-state index contributed by atoms with van der Waals surface area (Å²) >= 11 is 3.33. The van der Waals surface area contributed by atoms with E-state index in [0.29, 0.717) is 12.0 Å². The number of esters is 1. The first-order valence-electron chi connectivity index (χ1n) is 6.26. The molecule has 0 saturated carbocycles. The molecule has 2 unspecified atom stereocenters. The lowest BCUT2D eigenvalue weighted by Gasteiger charge is -2.26. The van der Waals surface area contributed by atoms with E-state index in [0.717, 1.165) is 4.47 Å². The van der Waals surface area contributed by atoms with Crippen molar-refractivity contribution >= 4 is 27.8 Å². The molecule has 0 fully saturated rings. The second-order valence-electron chi connectivity index (χ2n) is 4.67. The monoisotopic (exact) mass is 342 g/mol. The molecular formula is C14H19BrN2O3. The van der Waals surface area contributed by atoms with Crippen molar-refractivity contribution in [3.63, 3.8) is 0 Å². The van der Waals surface area contributed by atoms with Crippen molar-refractivity contribution in [2.75, 3.05) is 7.11 Å². The van der Waals surface area contributed by atoms with Crippen LogP contribution in [-0.4, -0.2) is 25.0 Å². The zero-order valence-electron chi connectivity index (χ0n) is 11.8. The minimum atomic E-state index is -1.22. The predicted octanol–water partition coefficient (Wildman–Crippen LogP) is 1.69. The van der Waals surface area contributed by atoms with Crippen LogP contribution in [0.2, 0.25) is 0 Å². The van der Waals surface area contributed by atoms with Crippen LogP contribution in [0.5, 0.6) is 0 Å². The fraction of sp³-hybridized carbons (Fsp3) is 0.429. The van der Waals surface area contributed by atoms with Gasteiger partial charge in [0.15, 0.2) is 0 Å². The topological polar surface area (TPSA) is 81.4 Å². The van der Waals surface area contributed by atoms with Crippen LogP contribution in [0.1, 0.15) is 25.8 Å². The van der Waals surface area contributed by atoms with Crippen LogP contribution in [0.25, 0.3) is 0 Å². The highest BCUT2D eigenvalue weighted by Gasteiger charge is 2.33. The number of carbonyl (C=O) groups is 2. The third-order valence-electron chi connectivity index (χ3n) is 3.11. The van der Waals surface area contributed by atoms with Gasteiger partial charge in [-0.1, -0.05) is 35.0 Å². The van der Waals surface area contributed by atoms with Crippen molar-refractivity contribution < 1.29 is 14.3 Å². The van der Waals surface area contributed by atoms with Gasteiger partial charge in [-0.15, -0.1) is 0 Å². The van der Waals surface area contributed by atoms with Gasteiger partial charge >= 0.3 is 5.97 Å². The molecule has 1 amide bonds. The van der Waals surface area contributed by atoms with Crippen LogP contribution < -0.4 is 11.1 Å². The van der Waals surface area contributed by atoms with Gasteiger partial charge in [-0.05, 0) is 31.0 Å². The van der Waals surface area contributed by atoms with E-state index in [1.54, 1.807) is 26.0 Å². The van der Waals surface area contributed by atoms with Gasteiger partial charge in [-0.25, -0.2) is 4.79 Å². The fourth-order valence-electron chi connectivity index (χ4n) is 1.71. The molecule has 0 spiro atoms. The average molecular weight is 343 g/mol. The summed E-state index contributed by atoms with van der Waals surface area (Å²) in [6.45, 7) is 3.39. The number of benzene rings is 1. The molecule has 0 aliphatic rings. The Hall–Kier alpha value is -1.40. The summed E-state index contributed by atoms with van der Waals surface area (Å²) in [5.74, 6) is -0.899. The Labute approximate surface area is 127 Å². The molecule has 0 saturated heterocycles. The van der Waals surface area contributed by atoms with Crippen LogP contribution >= 0.6 is 15.9 Å². The smallest absolute Gasteiger partial charge is 0.328 e. The molecule has 0 radical (unpaired) electrons. The Bertz CT molecular complexity index is 486. The van der Waals surface area contributed by atoms with Crippen LogP contribution in [0.15, 0.2) is 28.7 Å². The standard InChI is InChI=1S/C14H19BrN2O3/c1-4-11(12(18)20-3)17-13(19)14(2,16)9-5-7-10(15)8-6-9/h5-8,11H,4,16H2,1-3H3,(H,17,19). The molecule has 110 valence electrons. The molecule has 3 N–H and O–H groups in total. The molecule has 1 rings (SSSR count). The van der Waals surface area contributed by atoms with E-state index in [1.807, 2.05) is 12.1 Å². The third kappa shape index (κ3) is 3.80. The molecule has 0 aliphatic heterocycles. The summed E-state index contributed by atoms with van der Waals surface area (Å²) < 4.78 is 5.54. The maximum absolute atomic E-state index is 12.3. The second kappa shape index (κ2) is 6.85. The van der Waals surface area contributed by atoms with Crippen LogP contribution in [0.3, 0.4) is 0 Å². The number of hydrogen-bond acceptors (Lipinski definition) is 4. The van der Waals surface area contributed by atoms with Gasteiger partial charge in [-0.2, -0.15) is 0 Å². The summed E-state index contributed by atoms with van der Waals surface area (Å²) in [6, 6.07) is 6.47. The summed E-state index contributed by atoms with van der Waals surface area (Å²) in [5.41, 5.74) is 5.54. The first-order chi connectivity index (χ1) is 9.32. The van der Waals surface area contributed by atoms with Crippen molar-refractivity contribution in [1.29, 1.82) is 0 Å². The number of carbonyl (C=O) groups excluding carboxylic acids is 2. The molecule has 0 aromatic heterocycles. The molecule has 2 atom stereocenters. The number of ether oxygens (including phenoxy) is 1. The highest BCUT2D eigenvalue weighted by molar-refractivity contribution is 9.10. The third-order valence-corrected chi connectivity index (χ3v) is 3.64. The summed E-state index contributed by atoms with van der Waals surface area (Å²) in [4.78, 5) is 23.8. The van der Waals surface area contributed by atoms with Gasteiger partial charge in [0.25, 0.3) is 0 Å². The number of methoxy groups -OCH3 is 1. The first-order valence-corrected chi connectivity index (χ1v) is 7.06. The minimum absolute atomic E-state index is 0.419. The van der Waals surface area contributed by atoms with Crippen molar-refractivity contribution in [3.05, 3.63) is 34.3 Å². The highest BCUT2D eigenvalue weighted by atomic mass is 79.9. The van der Waals surface area contributed by atoms with Crippen LogP contribution in [0.4, 0.5) is 0 Å². The summed E-state index contributed by atoms with van der Waals surface area (Å²) in [6.07, 6.45) is 0.439. The van der Waals surface area contributed by atoms with Gasteiger partial charge < -0.3 is 15.8 Å². The lowest BCUT2D eigenvalue weighted by molar-refractivity contribution is -0.145. The number of hydrogen-bond donors (Lipinski definition) is 2. The quantitative estimate of drug-likeness (QED) is 0.798. The Morgan fingerprint density at radius 1 is 1.40 bits per heavy atom. The second-order valence-corrected chi connectivity index (χ2v) is 5.58. The fourth-order valence-corrected chi connectivity index (χ4v) is 1.97. The molecule has 5 nitrogen and oxygen atoms in total. The van der Waals surface area contributed by atoms with E-state index in [9.17, 15) is 9.59 Å². The van der Waals surface area contributed by atoms with Crippen molar-refractivity contribution in [1.82, 2.24) is 5.32 Å². The van der Waals surface area contributed by atoms with Gasteiger partial charge in [0.1, 0.15) is 11.6 Å². The first kappa shape index (κ1) is 16.7. The minimum Gasteiger partial charge on any atom is -0.467 e. The Kier molecular flexibility index (Phi) is 5.71. The molecule has 0 bridgehead atoms. The molecule has 0 aliphatic carbocycles. The SMILES string of the molecule is CCC(NC(=O)C(C)(N)c1ccc(Br)cc1)C(=O)OC. The van der Waals surface area contributed by atoms with Gasteiger partial charge in [0.05, 0.1) is 7.11 Å². The average Bonchev–Trinajstić information content (AvgIpc) is 2.44. The van der Waals surface area contributed by atoms with Gasteiger partial charge in [0.2, 0.25) is 5.91 Å². The Morgan fingerprint density at radius 3 is 2.40 bits per heavy atom. The predicted molar refractivity (Wildman–Crippen MR) is 79.9 cm³/mol. The number of nitrogens with one attached hydrogen (secondary N) is 1. The van der Waals surface area contributed by atoms with E-state index in [4.69, 9.17) is 5.73 Å². The van der Waals surface area contributed by atoms with Crippen molar-refractivity contribution in [2.24, 2.45) is 5.73 Å². The molecular weight excluding hydrogens is 324 g/mol. The number of rotatable bonds is 5. The van der Waals surface area contributed by atoms with Gasteiger partial charge in [-0.3, -0.25) is 4.79 Å². The lowest BCUT2D eigenvalue weighted by Crippen LogP contribution is -2.53. The largest absolute Gasteiger partial charge is 0.467 e. The van der Waals surface area contributed by atoms with Crippen LogP contribution in [0, 0.1) is 0 Å². The van der Waals surface area contributed by atoms with Crippen molar-refractivity contribution in [2.45, 2.75) is 31.8 Å². The van der Waals surface area contributed by atoms with E-state index in [1.165, 1.54) is 7.11 Å². The number of amides is 1. The van der Waals surface area contributed by atoms with E-state index >= 15 is 0 Å². The number of nitrogens with two attached hydrogens (primary N) is 1. The summed E-state index contributed by atoms with van der Waals surface area (Å²) in [5, 5.41) is 2.62. The van der Waals surface area contributed by atoms with E-state index in [2.05, 4.69) is 26.0 Å². The zero-order chi connectivity index (χ0) is 15.3. The van der Waals surface area contributed by atoms with Crippen LogP contribution in [-0.2, 0) is 19.9 Å². The maximum Gasteiger partial charge on any atom is 0.328 e. The van der Waals surface area contributed by atoms with E-state index in [-0.39, 0.29) is 0 Å². The van der Waals surface area contributed by atoms with Gasteiger partial charge in [0, 0.05) is 4.47 Å². The highest BCUT2D eigenvalue weighted by Crippen LogP contribution is 2.21. The molecule has 1 aromatic carbocycles. The lowest BCUT2D eigenvalue weighted by atomic mass is 9.92. The molecule has 20 heavy (non-hydrogen) atoms. The molecule has 0 heterocycles. The number of halogens is 1. The molecule has 1 aromatic rings. The zero-order valence-corrected chi connectivity index (χ0v) is 13.4. The van der Waals surface area contributed by atoms with Crippen molar-refractivity contribution in [3.8, 4) is 0 Å². The van der Waals surface area contributed by atoms with E-state index < -0.39 is 23.5 Å². The Balaban J connectivity index is 2.89. The summed E-state index contributed by atoms with van der Waals surface area (Å²) in [7, 11) is 1.29. The molecule has 6 heteroatoms.